The second-order valence-corrected chi connectivity index (χ2v) is 7.76. The summed E-state index contributed by atoms with van der Waals surface area (Å²) >= 11 is 0. The molecule has 2 amide bonds. The van der Waals surface area contributed by atoms with E-state index < -0.39 is 6.04 Å². The summed E-state index contributed by atoms with van der Waals surface area (Å²) in [5.74, 6) is -0.365. The molecule has 2 atom stereocenters. The van der Waals surface area contributed by atoms with Crippen LogP contribution in [0.15, 0.2) is 42.5 Å². The first-order valence-corrected chi connectivity index (χ1v) is 9.75. The second kappa shape index (κ2) is 8.97. The van der Waals surface area contributed by atoms with Crippen LogP contribution in [0.4, 0.5) is 0 Å². The Morgan fingerprint density at radius 3 is 2.57 bits per heavy atom. The molecule has 2 aromatic carbocycles. The lowest BCUT2D eigenvalue weighted by Crippen LogP contribution is -2.48. The Labute approximate surface area is 165 Å². The average molecular weight is 381 g/mol. The number of carbonyl (C=O) groups is 3. The molecule has 1 aliphatic rings. The number of hydrogen-bond donors (Lipinski definition) is 3. The fraction of sp³-hybridized carbons (Fsp3) is 0.409. The normalized spacial score (nSPS) is 17.7. The summed E-state index contributed by atoms with van der Waals surface area (Å²) in [5, 5.41) is 10.7. The minimum Gasteiger partial charge on any atom is -0.354 e. The molecule has 28 heavy (non-hydrogen) atoms. The highest BCUT2D eigenvalue weighted by atomic mass is 16.2. The first-order chi connectivity index (χ1) is 13.4. The number of rotatable bonds is 7. The molecule has 148 valence electrons. The van der Waals surface area contributed by atoms with Crippen LogP contribution in [-0.4, -0.2) is 43.3 Å². The molecular weight excluding hydrogens is 354 g/mol. The molecule has 0 spiro atoms. The van der Waals surface area contributed by atoms with Crippen molar-refractivity contribution in [3.8, 4) is 0 Å². The number of hydrogen-bond acceptors (Lipinski definition) is 4. The van der Waals surface area contributed by atoms with Gasteiger partial charge < -0.3 is 16.0 Å². The number of ketones is 1. The molecule has 0 aromatic heterocycles. The van der Waals surface area contributed by atoms with Crippen LogP contribution in [-0.2, 0) is 9.59 Å². The summed E-state index contributed by atoms with van der Waals surface area (Å²) in [6.07, 6.45) is 0.530. The fourth-order valence-electron chi connectivity index (χ4n) is 3.44. The predicted octanol–water partition coefficient (Wildman–Crippen LogP) is 1.89. The molecule has 6 nitrogen and oxygen atoms in total. The third kappa shape index (κ3) is 4.95. The zero-order chi connectivity index (χ0) is 20.1. The highest BCUT2D eigenvalue weighted by Crippen LogP contribution is 2.16. The van der Waals surface area contributed by atoms with Crippen LogP contribution in [0.1, 0.15) is 30.6 Å². The number of nitrogens with one attached hydrogen (secondary N) is 3. The Bertz CT molecular complexity index is 878. The van der Waals surface area contributed by atoms with Gasteiger partial charge in [0.2, 0.25) is 5.91 Å². The van der Waals surface area contributed by atoms with Gasteiger partial charge in [0.1, 0.15) is 6.04 Å². The molecule has 3 rings (SSSR count). The topological polar surface area (TPSA) is 87.3 Å². The zero-order valence-corrected chi connectivity index (χ0v) is 16.3. The maximum Gasteiger partial charge on any atom is 0.251 e. The summed E-state index contributed by atoms with van der Waals surface area (Å²) in [7, 11) is 0. The van der Waals surface area contributed by atoms with Gasteiger partial charge in [-0.3, -0.25) is 14.4 Å². The first-order valence-electron chi connectivity index (χ1n) is 9.75. The molecular formula is C22H27N3O3. The van der Waals surface area contributed by atoms with Crippen LogP contribution in [0, 0.1) is 11.8 Å². The van der Waals surface area contributed by atoms with Crippen molar-refractivity contribution in [2.45, 2.75) is 26.3 Å². The fourth-order valence-corrected chi connectivity index (χ4v) is 3.44. The minimum atomic E-state index is -0.636. The Kier molecular flexibility index (Phi) is 6.41. The van der Waals surface area contributed by atoms with Gasteiger partial charge in [-0.15, -0.1) is 0 Å². The van der Waals surface area contributed by atoms with Crippen molar-refractivity contribution in [1.29, 1.82) is 0 Å². The quantitative estimate of drug-likeness (QED) is 0.684. The van der Waals surface area contributed by atoms with Crippen molar-refractivity contribution < 1.29 is 14.4 Å². The van der Waals surface area contributed by atoms with E-state index in [2.05, 4.69) is 16.0 Å². The van der Waals surface area contributed by atoms with Crippen molar-refractivity contribution in [1.82, 2.24) is 16.0 Å². The van der Waals surface area contributed by atoms with E-state index in [1.165, 1.54) is 0 Å². The summed E-state index contributed by atoms with van der Waals surface area (Å²) in [5.41, 5.74) is 0.524. The molecule has 6 heteroatoms. The molecule has 2 aromatic rings. The summed E-state index contributed by atoms with van der Waals surface area (Å²) in [6, 6.07) is 12.7. The molecule has 0 bridgehead atoms. The van der Waals surface area contributed by atoms with E-state index in [9.17, 15) is 14.4 Å². The van der Waals surface area contributed by atoms with Crippen molar-refractivity contribution in [3.05, 3.63) is 48.0 Å². The highest BCUT2D eigenvalue weighted by molar-refractivity contribution is 6.00. The smallest absolute Gasteiger partial charge is 0.251 e. The maximum absolute atomic E-state index is 12.7. The molecule has 1 heterocycles. The lowest BCUT2D eigenvalue weighted by atomic mass is 10.0. The van der Waals surface area contributed by atoms with Gasteiger partial charge in [-0.1, -0.05) is 44.2 Å². The maximum atomic E-state index is 12.7. The summed E-state index contributed by atoms with van der Waals surface area (Å²) < 4.78 is 0. The van der Waals surface area contributed by atoms with Crippen LogP contribution < -0.4 is 16.0 Å². The first kappa shape index (κ1) is 20.0. The van der Waals surface area contributed by atoms with Crippen molar-refractivity contribution >= 4 is 28.4 Å². The van der Waals surface area contributed by atoms with Gasteiger partial charge in [0.05, 0.1) is 6.54 Å². The van der Waals surface area contributed by atoms with Crippen LogP contribution in [0.25, 0.3) is 10.8 Å². The Balaban J connectivity index is 1.67. The van der Waals surface area contributed by atoms with E-state index >= 15 is 0 Å². The summed E-state index contributed by atoms with van der Waals surface area (Å²) in [4.78, 5) is 37.1. The van der Waals surface area contributed by atoms with E-state index in [0.29, 0.717) is 31.6 Å². The lowest BCUT2D eigenvalue weighted by molar-refractivity contribution is -0.124. The van der Waals surface area contributed by atoms with Gasteiger partial charge in [-0.2, -0.15) is 0 Å². The Morgan fingerprint density at radius 1 is 1.14 bits per heavy atom. The predicted molar refractivity (Wildman–Crippen MR) is 109 cm³/mol. The number of benzene rings is 2. The van der Waals surface area contributed by atoms with Gasteiger partial charge in [-0.05, 0) is 35.2 Å². The van der Waals surface area contributed by atoms with E-state index in [4.69, 9.17) is 0 Å². The van der Waals surface area contributed by atoms with E-state index in [1.54, 1.807) is 6.07 Å². The second-order valence-electron chi connectivity index (χ2n) is 7.76. The van der Waals surface area contributed by atoms with E-state index in [1.807, 2.05) is 50.2 Å². The molecule has 3 N–H and O–H groups in total. The Hall–Kier alpha value is -2.73. The van der Waals surface area contributed by atoms with Gasteiger partial charge in [0, 0.05) is 24.6 Å². The zero-order valence-electron chi connectivity index (χ0n) is 16.3. The van der Waals surface area contributed by atoms with Crippen LogP contribution in [0.5, 0.6) is 0 Å². The third-order valence-corrected chi connectivity index (χ3v) is 5.01. The van der Waals surface area contributed by atoms with E-state index in [0.717, 1.165) is 10.8 Å². The molecule has 1 aliphatic heterocycles. The molecule has 0 saturated carbocycles. The lowest BCUT2D eigenvalue weighted by Gasteiger charge is -2.21. The van der Waals surface area contributed by atoms with Gasteiger partial charge in [0.25, 0.3) is 5.91 Å². The minimum absolute atomic E-state index is 0.112. The van der Waals surface area contributed by atoms with Crippen LogP contribution >= 0.6 is 0 Å². The molecule has 0 radical (unpaired) electrons. The number of Topliss-reactive ketones (excluding diaryl/α,β-unsaturated/α-hetero) is 1. The summed E-state index contributed by atoms with van der Waals surface area (Å²) in [6.45, 7) is 5.25. The van der Waals surface area contributed by atoms with Crippen molar-refractivity contribution in [2.24, 2.45) is 11.8 Å². The molecule has 1 saturated heterocycles. The van der Waals surface area contributed by atoms with Gasteiger partial charge in [-0.25, -0.2) is 0 Å². The molecule has 1 unspecified atom stereocenters. The monoisotopic (exact) mass is 381 g/mol. The van der Waals surface area contributed by atoms with Crippen LogP contribution in [0.3, 0.4) is 0 Å². The number of amides is 2. The largest absolute Gasteiger partial charge is 0.354 e. The molecule has 1 fully saturated rings. The van der Waals surface area contributed by atoms with Crippen LogP contribution in [0.2, 0.25) is 0 Å². The Morgan fingerprint density at radius 2 is 1.89 bits per heavy atom. The highest BCUT2D eigenvalue weighted by Gasteiger charge is 2.27. The number of carbonyl (C=O) groups excluding carboxylic acids is 3. The standard InChI is InChI=1S/C22H27N3O3/c1-14(2)9-19(22(28)24-12-18-11-23-13-20(18)26)25-21(27)17-8-7-15-5-3-4-6-16(15)10-17/h3-8,10,14,18-19,23H,9,11-13H2,1-2H3,(H,24,28)(H,25,27)/t18?,19-/m0/s1. The van der Waals surface area contributed by atoms with Crippen molar-refractivity contribution in [2.75, 3.05) is 19.6 Å². The van der Waals surface area contributed by atoms with Gasteiger partial charge in [0.15, 0.2) is 5.78 Å². The third-order valence-electron chi connectivity index (χ3n) is 5.01. The average Bonchev–Trinajstić information content (AvgIpc) is 3.09. The van der Waals surface area contributed by atoms with Gasteiger partial charge >= 0.3 is 0 Å². The number of fused-ring (bicyclic) bond motifs is 1. The SMILES string of the molecule is CC(C)C[C@H](NC(=O)c1ccc2ccccc2c1)C(=O)NCC1CNCC1=O. The molecule has 0 aliphatic carbocycles. The van der Waals surface area contributed by atoms with Crippen molar-refractivity contribution in [3.63, 3.8) is 0 Å². The van der Waals surface area contributed by atoms with E-state index in [-0.39, 0.29) is 29.4 Å².